The minimum absolute atomic E-state index is 0.0693. The summed E-state index contributed by atoms with van der Waals surface area (Å²) in [6.45, 7) is 9.30. The van der Waals surface area contributed by atoms with Gasteiger partial charge in [-0.3, -0.25) is 0 Å². The molecule has 126 valence electrons. The summed E-state index contributed by atoms with van der Waals surface area (Å²) in [7, 11) is 0. The first kappa shape index (κ1) is 17.6. The molecule has 0 spiro atoms. The van der Waals surface area contributed by atoms with E-state index in [-0.39, 0.29) is 5.96 Å². The molecule has 0 aliphatic carbocycles. The molecular formula is C20H26N4. The molecule has 1 unspecified atom stereocenters. The molecule has 4 nitrogen and oxygen atoms in total. The summed E-state index contributed by atoms with van der Waals surface area (Å²) in [5.74, 6) is 0.654. The third kappa shape index (κ3) is 4.88. The summed E-state index contributed by atoms with van der Waals surface area (Å²) in [5, 5.41) is 2.16. The van der Waals surface area contributed by atoms with Crippen molar-refractivity contribution < 1.29 is 0 Å². The lowest BCUT2D eigenvalue weighted by Crippen LogP contribution is -2.27. The molecule has 1 aromatic carbocycles. The first-order valence-corrected chi connectivity index (χ1v) is 8.20. The molecule has 0 radical (unpaired) electrons. The highest BCUT2D eigenvalue weighted by molar-refractivity contribution is 5.78. The zero-order valence-corrected chi connectivity index (χ0v) is 14.4. The van der Waals surface area contributed by atoms with E-state index >= 15 is 0 Å². The van der Waals surface area contributed by atoms with Crippen molar-refractivity contribution in [2.45, 2.75) is 26.8 Å². The second-order valence-corrected chi connectivity index (χ2v) is 5.99. The quantitative estimate of drug-likeness (QED) is 0.632. The van der Waals surface area contributed by atoms with E-state index in [4.69, 9.17) is 11.5 Å². The standard InChI is InChI=1S/C20H26N4/c1-4-15(2)6-5-7-19-16(3)12-13-24(19)14-17-8-10-18(11-9-17)23-20(21)22/h5-13,15H,3-4,14H2,1-2H3,(H4,21,22,23)/b6-5-,19-7+. The maximum Gasteiger partial charge on any atom is 0.191 e. The van der Waals surface area contributed by atoms with Gasteiger partial charge in [-0.2, -0.15) is 0 Å². The molecule has 4 heteroatoms. The molecule has 0 saturated heterocycles. The van der Waals surface area contributed by atoms with Gasteiger partial charge in [-0.1, -0.05) is 51.1 Å². The van der Waals surface area contributed by atoms with Gasteiger partial charge in [0.2, 0.25) is 0 Å². The Hall–Kier alpha value is -2.75. The van der Waals surface area contributed by atoms with E-state index in [2.05, 4.69) is 54.4 Å². The molecular weight excluding hydrogens is 296 g/mol. The van der Waals surface area contributed by atoms with Gasteiger partial charge < -0.3 is 16.0 Å². The fourth-order valence-corrected chi connectivity index (χ4v) is 2.36. The highest BCUT2D eigenvalue weighted by Gasteiger charge is 1.99. The Bertz CT molecular complexity index is 822. The fraction of sp³-hybridized carbons (Fsp3) is 0.250. The zero-order chi connectivity index (χ0) is 17.5. The van der Waals surface area contributed by atoms with Crippen LogP contribution < -0.4 is 22.0 Å². The van der Waals surface area contributed by atoms with Crippen molar-refractivity contribution in [2.24, 2.45) is 22.4 Å². The van der Waals surface area contributed by atoms with Crippen molar-refractivity contribution in [3.63, 3.8) is 0 Å². The van der Waals surface area contributed by atoms with Crippen molar-refractivity contribution in [3.8, 4) is 0 Å². The second-order valence-electron chi connectivity index (χ2n) is 5.99. The smallest absolute Gasteiger partial charge is 0.191 e. The van der Waals surface area contributed by atoms with Crippen molar-refractivity contribution in [3.05, 3.63) is 64.8 Å². The van der Waals surface area contributed by atoms with E-state index in [1.807, 2.05) is 30.3 Å². The van der Waals surface area contributed by atoms with Crippen LogP contribution in [0.1, 0.15) is 25.8 Å². The Morgan fingerprint density at radius 2 is 1.96 bits per heavy atom. The Labute approximate surface area is 143 Å². The largest absolute Gasteiger partial charge is 0.370 e. The molecule has 24 heavy (non-hydrogen) atoms. The Morgan fingerprint density at radius 3 is 2.58 bits per heavy atom. The zero-order valence-electron chi connectivity index (χ0n) is 14.4. The van der Waals surface area contributed by atoms with Gasteiger partial charge in [0.05, 0.1) is 5.69 Å². The van der Waals surface area contributed by atoms with Gasteiger partial charge in [-0.15, -0.1) is 0 Å². The number of hydrogen-bond acceptors (Lipinski definition) is 1. The molecule has 2 rings (SSSR count). The summed E-state index contributed by atoms with van der Waals surface area (Å²) in [4.78, 5) is 4.03. The Balaban J connectivity index is 2.22. The molecule has 1 atom stereocenters. The van der Waals surface area contributed by atoms with Crippen LogP contribution in [0.4, 0.5) is 5.69 Å². The lowest BCUT2D eigenvalue weighted by molar-refractivity contribution is 0.698. The summed E-state index contributed by atoms with van der Waals surface area (Å²) >= 11 is 0. The molecule has 2 aromatic rings. The predicted molar refractivity (Wildman–Crippen MR) is 103 cm³/mol. The van der Waals surface area contributed by atoms with E-state index < -0.39 is 0 Å². The first-order chi connectivity index (χ1) is 11.5. The van der Waals surface area contributed by atoms with Crippen molar-refractivity contribution >= 4 is 24.3 Å². The maximum absolute atomic E-state index is 5.39. The van der Waals surface area contributed by atoms with Crippen LogP contribution in [0.5, 0.6) is 0 Å². The SMILES string of the molecule is C=c1ccn(Cc2ccc(N=C(N)N)cc2)/c1=C/C=C\C(C)CC. The normalized spacial score (nSPS) is 13.3. The molecule has 0 saturated carbocycles. The molecule has 1 aromatic heterocycles. The number of rotatable bonds is 6. The van der Waals surface area contributed by atoms with Crippen molar-refractivity contribution in [1.29, 1.82) is 0 Å². The van der Waals surface area contributed by atoms with Gasteiger partial charge in [0.1, 0.15) is 0 Å². The van der Waals surface area contributed by atoms with Crippen LogP contribution in [0.3, 0.4) is 0 Å². The van der Waals surface area contributed by atoms with Gasteiger partial charge in [0.15, 0.2) is 5.96 Å². The molecule has 0 aliphatic heterocycles. The number of nitrogens with two attached hydrogens (primary N) is 2. The Kier molecular flexibility index (Phi) is 6.01. The number of guanidine groups is 1. The highest BCUT2D eigenvalue weighted by atomic mass is 15.0. The molecule has 0 aliphatic rings. The van der Waals surface area contributed by atoms with Crippen LogP contribution in [0.25, 0.3) is 12.7 Å². The van der Waals surface area contributed by atoms with Gasteiger partial charge >= 0.3 is 0 Å². The van der Waals surface area contributed by atoms with Crippen LogP contribution in [-0.4, -0.2) is 10.5 Å². The number of hydrogen-bond donors (Lipinski definition) is 2. The van der Waals surface area contributed by atoms with E-state index in [0.29, 0.717) is 5.92 Å². The van der Waals surface area contributed by atoms with Gasteiger partial charge in [0, 0.05) is 18.1 Å². The number of benzene rings is 1. The number of aliphatic imine (C=N–C) groups is 1. The summed E-state index contributed by atoms with van der Waals surface area (Å²) in [6, 6.07) is 9.93. The average Bonchev–Trinajstić information content (AvgIpc) is 2.89. The molecule has 0 fully saturated rings. The number of aromatic nitrogens is 1. The monoisotopic (exact) mass is 322 g/mol. The van der Waals surface area contributed by atoms with Crippen LogP contribution in [0.15, 0.2) is 53.7 Å². The van der Waals surface area contributed by atoms with E-state index in [1.165, 1.54) is 5.56 Å². The molecule has 4 N–H and O–H groups in total. The summed E-state index contributed by atoms with van der Waals surface area (Å²) < 4.78 is 2.19. The number of allylic oxidation sites excluding steroid dienone is 2. The van der Waals surface area contributed by atoms with E-state index in [1.54, 1.807) is 0 Å². The second kappa shape index (κ2) is 8.20. The van der Waals surface area contributed by atoms with E-state index in [0.717, 1.165) is 29.2 Å². The lowest BCUT2D eigenvalue weighted by Gasteiger charge is -2.05. The third-order valence-electron chi connectivity index (χ3n) is 3.98. The van der Waals surface area contributed by atoms with Crippen molar-refractivity contribution in [2.75, 3.05) is 0 Å². The highest BCUT2D eigenvalue weighted by Crippen LogP contribution is 2.13. The summed E-state index contributed by atoms with van der Waals surface area (Å²) in [5.41, 5.74) is 12.7. The molecule has 1 heterocycles. The van der Waals surface area contributed by atoms with Gasteiger partial charge in [-0.25, -0.2) is 4.99 Å². The number of nitrogens with zero attached hydrogens (tertiary/aromatic N) is 2. The first-order valence-electron chi connectivity index (χ1n) is 8.20. The molecule has 0 bridgehead atoms. The average molecular weight is 322 g/mol. The summed E-state index contributed by atoms with van der Waals surface area (Å²) in [6.07, 6.45) is 9.68. The Morgan fingerprint density at radius 1 is 1.25 bits per heavy atom. The van der Waals surface area contributed by atoms with Crippen LogP contribution in [-0.2, 0) is 6.54 Å². The predicted octanol–water partition coefficient (Wildman–Crippen LogP) is 2.23. The van der Waals surface area contributed by atoms with Gasteiger partial charge in [-0.05, 0) is 41.0 Å². The van der Waals surface area contributed by atoms with Crippen LogP contribution >= 0.6 is 0 Å². The molecule has 0 amide bonds. The van der Waals surface area contributed by atoms with Crippen molar-refractivity contribution in [1.82, 2.24) is 4.57 Å². The fourth-order valence-electron chi connectivity index (χ4n) is 2.36. The lowest BCUT2D eigenvalue weighted by atomic mass is 10.1. The van der Waals surface area contributed by atoms with E-state index in [9.17, 15) is 0 Å². The van der Waals surface area contributed by atoms with Crippen LogP contribution in [0.2, 0.25) is 0 Å². The maximum atomic E-state index is 5.39. The minimum Gasteiger partial charge on any atom is -0.370 e. The third-order valence-corrected chi connectivity index (χ3v) is 3.98. The topological polar surface area (TPSA) is 69.3 Å². The minimum atomic E-state index is 0.0693. The van der Waals surface area contributed by atoms with Crippen LogP contribution in [0, 0.1) is 5.92 Å². The van der Waals surface area contributed by atoms with Gasteiger partial charge in [0.25, 0.3) is 0 Å².